The molecule has 4 bridgehead atoms. The van der Waals surface area contributed by atoms with Crippen molar-refractivity contribution in [2.75, 3.05) is 0 Å². The predicted molar refractivity (Wildman–Crippen MR) is 79.3 cm³/mol. The lowest BCUT2D eigenvalue weighted by molar-refractivity contribution is -0.225. The molecular weight excluding hydrogens is 316 g/mol. The summed E-state index contributed by atoms with van der Waals surface area (Å²) in [7, 11) is 0. The van der Waals surface area contributed by atoms with Gasteiger partial charge in [0, 0.05) is 10.2 Å². The van der Waals surface area contributed by atoms with Crippen LogP contribution in [-0.4, -0.2) is 16.3 Å². The van der Waals surface area contributed by atoms with Gasteiger partial charge in [0.1, 0.15) is 11.8 Å². The SMILES string of the molecule is Cc1c(Br)cc(C#N)n1CC12CC3CC(CC(C3)O1)C2. The molecule has 0 radical (unpaired) electrons. The summed E-state index contributed by atoms with van der Waals surface area (Å²) in [4.78, 5) is 0. The summed E-state index contributed by atoms with van der Waals surface area (Å²) in [6, 6.07) is 4.24. The molecule has 106 valence electrons. The van der Waals surface area contributed by atoms with E-state index in [1.54, 1.807) is 0 Å². The normalized spacial score (nSPS) is 38.1. The van der Waals surface area contributed by atoms with Gasteiger partial charge in [0.05, 0.1) is 18.2 Å². The van der Waals surface area contributed by atoms with E-state index in [0.717, 1.165) is 34.2 Å². The summed E-state index contributed by atoms with van der Waals surface area (Å²) in [5.41, 5.74) is 1.87. The lowest BCUT2D eigenvalue weighted by atomic mass is 9.62. The van der Waals surface area contributed by atoms with Gasteiger partial charge in [0.15, 0.2) is 0 Å². The Bertz CT molecular complexity index is 563. The molecule has 2 atom stereocenters. The van der Waals surface area contributed by atoms with Crippen molar-refractivity contribution in [1.29, 1.82) is 5.26 Å². The van der Waals surface area contributed by atoms with Crippen molar-refractivity contribution in [2.24, 2.45) is 11.8 Å². The Morgan fingerprint density at radius 1 is 1.40 bits per heavy atom. The van der Waals surface area contributed by atoms with E-state index < -0.39 is 0 Å². The van der Waals surface area contributed by atoms with Crippen molar-refractivity contribution in [3.05, 3.63) is 21.9 Å². The molecule has 4 aliphatic rings. The lowest BCUT2D eigenvalue weighted by Crippen LogP contribution is -2.56. The van der Waals surface area contributed by atoms with Crippen molar-refractivity contribution in [2.45, 2.75) is 57.3 Å². The van der Waals surface area contributed by atoms with Gasteiger partial charge in [-0.05, 0) is 72.9 Å². The van der Waals surface area contributed by atoms with E-state index >= 15 is 0 Å². The van der Waals surface area contributed by atoms with E-state index in [-0.39, 0.29) is 5.60 Å². The number of hydrogen-bond acceptors (Lipinski definition) is 2. The van der Waals surface area contributed by atoms with Gasteiger partial charge in [-0.25, -0.2) is 0 Å². The van der Waals surface area contributed by atoms with Crippen molar-refractivity contribution in [3.8, 4) is 6.07 Å². The first-order valence-electron chi connectivity index (χ1n) is 7.52. The van der Waals surface area contributed by atoms with Crippen molar-refractivity contribution in [3.63, 3.8) is 0 Å². The number of nitriles is 1. The highest BCUT2D eigenvalue weighted by Crippen LogP contribution is 2.53. The van der Waals surface area contributed by atoms with Gasteiger partial charge in [0.2, 0.25) is 0 Å². The molecule has 2 aliphatic heterocycles. The summed E-state index contributed by atoms with van der Waals surface area (Å²) < 4.78 is 9.61. The van der Waals surface area contributed by atoms with Gasteiger partial charge in [-0.2, -0.15) is 5.26 Å². The van der Waals surface area contributed by atoms with E-state index in [9.17, 15) is 5.26 Å². The maximum Gasteiger partial charge on any atom is 0.121 e. The second-order valence-electron chi connectivity index (χ2n) is 6.93. The highest BCUT2D eigenvalue weighted by Gasteiger charge is 2.52. The number of nitrogens with zero attached hydrogens (tertiary/aromatic N) is 2. The summed E-state index contributed by atoms with van der Waals surface area (Å²) in [6.07, 6.45) is 6.77. The Morgan fingerprint density at radius 3 is 2.70 bits per heavy atom. The zero-order valence-electron chi connectivity index (χ0n) is 11.7. The first-order valence-corrected chi connectivity index (χ1v) is 8.31. The summed E-state index contributed by atoms with van der Waals surface area (Å²) >= 11 is 3.55. The zero-order chi connectivity index (χ0) is 13.9. The van der Waals surface area contributed by atoms with Crippen LogP contribution in [0.5, 0.6) is 0 Å². The quantitative estimate of drug-likeness (QED) is 0.825. The fraction of sp³-hybridized carbons (Fsp3) is 0.688. The van der Waals surface area contributed by atoms with Gasteiger partial charge in [-0.3, -0.25) is 0 Å². The third kappa shape index (κ3) is 1.87. The van der Waals surface area contributed by atoms with Gasteiger partial charge in [0.25, 0.3) is 0 Å². The molecule has 2 saturated carbocycles. The number of rotatable bonds is 2. The molecule has 20 heavy (non-hydrogen) atoms. The average molecular weight is 335 g/mol. The Balaban J connectivity index is 1.68. The number of ether oxygens (including phenoxy) is 1. The second-order valence-corrected chi connectivity index (χ2v) is 7.79. The van der Waals surface area contributed by atoms with E-state index in [1.165, 1.54) is 32.1 Å². The minimum absolute atomic E-state index is 0.0103. The average Bonchev–Trinajstić information content (AvgIpc) is 2.64. The number of halogens is 1. The lowest BCUT2D eigenvalue weighted by Gasteiger charge is -2.56. The van der Waals surface area contributed by atoms with Crippen molar-refractivity contribution < 1.29 is 4.74 Å². The second kappa shape index (κ2) is 4.35. The van der Waals surface area contributed by atoms with Gasteiger partial charge in [-0.1, -0.05) is 0 Å². The summed E-state index contributed by atoms with van der Waals surface area (Å²) in [5.74, 6) is 1.71. The molecule has 2 unspecified atom stereocenters. The van der Waals surface area contributed by atoms with Crippen LogP contribution in [0.3, 0.4) is 0 Å². The summed E-state index contributed by atoms with van der Waals surface area (Å²) in [6.45, 7) is 2.92. The van der Waals surface area contributed by atoms with Crippen LogP contribution in [0.15, 0.2) is 10.5 Å². The van der Waals surface area contributed by atoms with E-state index in [2.05, 4.69) is 33.5 Å². The third-order valence-electron chi connectivity index (χ3n) is 5.46. The van der Waals surface area contributed by atoms with Crippen LogP contribution in [0.4, 0.5) is 0 Å². The third-order valence-corrected chi connectivity index (χ3v) is 6.27. The van der Waals surface area contributed by atoms with Gasteiger partial charge in [-0.15, -0.1) is 0 Å². The van der Waals surface area contributed by atoms with Crippen molar-refractivity contribution >= 4 is 15.9 Å². The molecule has 2 aliphatic carbocycles. The molecule has 3 nitrogen and oxygen atoms in total. The molecule has 4 heteroatoms. The fourth-order valence-corrected chi connectivity index (χ4v) is 5.31. The number of hydrogen-bond donors (Lipinski definition) is 0. The zero-order valence-corrected chi connectivity index (χ0v) is 13.3. The maximum absolute atomic E-state index is 9.34. The first kappa shape index (κ1) is 12.9. The van der Waals surface area contributed by atoms with Gasteiger partial charge >= 0.3 is 0 Å². The van der Waals surface area contributed by atoms with Crippen LogP contribution < -0.4 is 0 Å². The monoisotopic (exact) mass is 334 g/mol. The molecule has 4 fully saturated rings. The molecule has 3 heterocycles. The Hall–Kier alpha value is -0.790. The molecule has 0 aromatic carbocycles. The molecule has 2 saturated heterocycles. The molecule has 1 aromatic heterocycles. The first-order chi connectivity index (χ1) is 9.58. The van der Waals surface area contributed by atoms with Crippen LogP contribution in [0.2, 0.25) is 0 Å². The molecule has 1 aromatic rings. The molecular formula is C16H19BrN2O. The Labute approximate surface area is 128 Å². The minimum atomic E-state index is -0.0103. The molecule has 0 amide bonds. The number of aromatic nitrogens is 1. The van der Waals surface area contributed by atoms with Crippen molar-refractivity contribution in [1.82, 2.24) is 4.57 Å². The van der Waals surface area contributed by atoms with Crippen LogP contribution in [0.25, 0.3) is 0 Å². The minimum Gasteiger partial charge on any atom is -0.370 e. The Kier molecular flexibility index (Phi) is 2.81. The fourth-order valence-electron chi connectivity index (χ4n) is 4.88. The standard InChI is InChI=1S/C16H19BrN2O/c1-10-15(17)5-13(8-18)19(10)9-16-6-11-2-12(7-16)4-14(3-11)20-16/h5,11-12,14H,2-4,6-7,9H2,1H3. The molecule has 5 rings (SSSR count). The van der Waals surface area contributed by atoms with Crippen LogP contribution >= 0.6 is 15.9 Å². The van der Waals surface area contributed by atoms with E-state index in [4.69, 9.17) is 4.74 Å². The maximum atomic E-state index is 9.34. The predicted octanol–water partition coefficient (Wildman–Crippen LogP) is 3.78. The topological polar surface area (TPSA) is 38.0 Å². The van der Waals surface area contributed by atoms with Crippen LogP contribution in [0.1, 0.15) is 43.5 Å². The van der Waals surface area contributed by atoms with Gasteiger partial charge < -0.3 is 9.30 Å². The van der Waals surface area contributed by atoms with E-state index in [1.807, 2.05) is 6.07 Å². The highest BCUT2D eigenvalue weighted by atomic mass is 79.9. The highest BCUT2D eigenvalue weighted by molar-refractivity contribution is 9.10. The van der Waals surface area contributed by atoms with Crippen LogP contribution in [-0.2, 0) is 11.3 Å². The molecule has 0 spiro atoms. The Morgan fingerprint density at radius 2 is 2.10 bits per heavy atom. The largest absolute Gasteiger partial charge is 0.370 e. The smallest absolute Gasteiger partial charge is 0.121 e. The molecule has 0 N–H and O–H groups in total. The van der Waals surface area contributed by atoms with E-state index in [0.29, 0.717) is 6.10 Å². The van der Waals surface area contributed by atoms with Crippen LogP contribution in [0, 0.1) is 30.1 Å². The summed E-state index contributed by atoms with van der Waals surface area (Å²) in [5, 5.41) is 9.34.